The van der Waals surface area contributed by atoms with Crippen molar-refractivity contribution in [3.63, 3.8) is 0 Å². The van der Waals surface area contributed by atoms with Crippen LogP contribution < -0.4 is 0 Å². The van der Waals surface area contributed by atoms with Crippen LogP contribution in [0.15, 0.2) is 23.0 Å². The highest BCUT2D eigenvalue weighted by Gasteiger charge is 2.23. The Morgan fingerprint density at radius 1 is 1.25 bits per heavy atom. The number of hydrogen-bond donors (Lipinski definition) is 0. The summed E-state index contributed by atoms with van der Waals surface area (Å²) in [6, 6.07) is 0. The zero-order valence-electron chi connectivity index (χ0n) is 7.30. The highest BCUT2D eigenvalue weighted by atomic mass is 16.5. The van der Waals surface area contributed by atoms with Crippen molar-refractivity contribution in [2.75, 3.05) is 7.11 Å². The third-order valence-electron chi connectivity index (χ3n) is 1.81. The first-order valence-corrected chi connectivity index (χ1v) is 3.60. The molecule has 1 aliphatic carbocycles. The van der Waals surface area contributed by atoms with E-state index in [1.807, 2.05) is 0 Å². The molecule has 0 bridgehead atoms. The first-order chi connectivity index (χ1) is 5.57. The van der Waals surface area contributed by atoms with E-state index in [1.54, 1.807) is 13.8 Å². The summed E-state index contributed by atoms with van der Waals surface area (Å²) in [6.45, 7) is 3.21. The molecule has 12 heavy (non-hydrogen) atoms. The monoisotopic (exact) mass is 166 g/mol. The second-order valence-corrected chi connectivity index (χ2v) is 2.68. The van der Waals surface area contributed by atoms with Gasteiger partial charge in [-0.25, -0.2) is 0 Å². The number of ether oxygens (including phenoxy) is 1. The highest BCUT2D eigenvalue weighted by molar-refractivity contribution is 6.21. The summed E-state index contributed by atoms with van der Waals surface area (Å²) in [6.07, 6.45) is 1.30. The van der Waals surface area contributed by atoms with E-state index in [9.17, 15) is 9.59 Å². The first kappa shape index (κ1) is 8.71. The summed E-state index contributed by atoms with van der Waals surface area (Å²) in [5, 5.41) is 0. The molecule has 3 nitrogen and oxygen atoms in total. The fourth-order valence-corrected chi connectivity index (χ4v) is 1.17. The minimum Gasteiger partial charge on any atom is -0.492 e. The first-order valence-electron chi connectivity index (χ1n) is 3.60. The predicted octanol–water partition coefficient (Wildman–Crippen LogP) is 1.00. The number of hydrogen-bond acceptors (Lipinski definition) is 3. The minimum absolute atomic E-state index is 0.119. The lowest BCUT2D eigenvalue weighted by atomic mass is 9.97. The second kappa shape index (κ2) is 2.93. The molecule has 0 radical (unpaired) electrons. The maximum atomic E-state index is 11.3. The number of Topliss-reactive ketones (excluding diaryl/α,β-unsaturated/α-hetero) is 1. The third-order valence-corrected chi connectivity index (χ3v) is 1.81. The van der Waals surface area contributed by atoms with Crippen LogP contribution in [0.5, 0.6) is 0 Å². The lowest BCUT2D eigenvalue weighted by Gasteiger charge is -2.12. The molecule has 3 heteroatoms. The summed E-state index contributed by atoms with van der Waals surface area (Å²) in [4.78, 5) is 22.5. The van der Waals surface area contributed by atoms with Gasteiger partial charge in [-0.15, -0.1) is 0 Å². The van der Waals surface area contributed by atoms with Gasteiger partial charge in [-0.1, -0.05) is 0 Å². The molecule has 64 valence electrons. The Morgan fingerprint density at radius 2 is 1.83 bits per heavy atom. The third kappa shape index (κ3) is 1.18. The van der Waals surface area contributed by atoms with Gasteiger partial charge in [0.15, 0.2) is 11.5 Å². The molecular weight excluding hydrogens is 156 g/mol. The van der Waals surface area contributed by atoms with E-state index >= 15 is 0 Å². The van der Waals surface area contributed by atoms with E-state index < -0.39 is 0 Å². The van der Waals surface area contributed by atoms with Gasteiger partial charge in [-0.3, -0.25) is 9.59 Å². The topological polar surface area (TPSA) is 43.4 Å². The van der Waals surface area contributed by atoms with Gasteiger partial charge in [0.2, 0.25) is 5.78 Å². The van der Waals surface area contributed by atoms with Crippen LogP contribution in [-0.4, -0.2) is 18.7 Å². The number of methoxy groups -OCH3 is 1. The molecule has 1 rings (SSSR count). The molecule has 0 atom stereocenters. The lowest BCUT2D eigenvalue weighted by molar-refractivity contribution is -0.118. The van der Waals surface area contributed by atoms with E-state index in [-0.39, 0.29) is 17.3 Å². The second-order valence-electron chi connectivity index (χ2n) is 2.68. The van der Waals surface area contributed by atoms with Crippen molar-refractivity contribution in [2.24, 2.45) is 0 Å². The largest absolute Gasteiger partial charge is 0.492 e. The van der Waals surface area contributed by atoms with Gasteiger partial charge in [0.1, 0.15) is 0 Å². The predicted molar refractivity (Wildman–Crippen MR) is 43.5 cm³/mol. The summed E-state index contributed by atoms with van der Waals surface area (Å²) >= 11 is 0. The number of ketones is 2. The molecule has 0 aromatic heterocycles. The summed E-state index contributed by atoms with van der Waals surface area (Å²) in [5.74, 6) is -0.191. The maximum Gasteiger partial charge on any atom is 0.221 e. The fraction of sp³-hybridized carbons (Fsp3) is 0.333. The molecule has 0 spiro atoms. The van der Waals surface area contributed by atoms with Crippen LogP contribution in [0.4, 0.5) is 0 Å². The van der Waals surface area contributed by atoms with E-state index in [0.717, 1.165) is 0 Å². The number of rotatable bonds is 1. The standard InChI is InChI=1S/C9H10O3/c1-5-4-7(10)9(12-3)6(2)8(5)11/h4H,1-3H3. The molecule has 0 saturated carbocycles. The van der Waals surface area contributed by atoms with Gasteiger partial charge in [-0.2, -0.15) is 0 Å². The zero-order chi connectivity index (χ0) is 9.30. The van der Waals surface area contributed by atoms with Crippen molar-refractivity contribution in [2.45, 2.75) is 13.8 Å². The molecule has 0 heterocycles. The molecule has 0 aromatic carbocycles. The molecule has 0 aliphatic heterocycles. The van der Waals surface area contributed by atoms with Crippen LogP contribution in [0.1, 0.15) is 13.8 Å². The van der Waals surface area contributed by atoms with Crippen LogP contribution in [0.25, 0.3) is 0 Å². The van der Waals surface area contributed by atoms with Gasteiger partial charge < -0.3 is 4.74 Å². The molecule has 0 N–H and O–H groups in total. The summed E-state index contributed by atoms with van der Waals surface area (Å²) < 4.78 is 4.80. The van der Waals surface area contributed by atoms with Crippen LogP contribution >= 0.6 is 0 Å². The van der Waals surface area contributed by atoms with Crippen molar-refractivity contribution in [1.29, 1.82) is 0 Å². The Bertz CT molecular complexity index is 308. The minimum atomic E-state index is -0.230. The normalized spacial score (nSPS) is 18.1. The van der Waals surface area contributed by atoms with Gasteiger partial charge >= 0.3 is 0 Å². The van der Waals surface area contributed by atoms with Gasteiger partial charge in [-0.05, 0) is 19.9 Å². The van der Waals surface area contributed by atoms with Crippen molar-refractivity contribution in [3.05, 3.63) is 23.0 Å². The van der Waals surface area contributed by atoms with Crippen LogP contribution in [0, 0.1) is 0 Å². The van der Waals surface area contributed by atoms with Crippen molar-refractivity contribution < 1.29 is 14.3 Å². The zero-order valence-corrected chi connectivity index (χ0v) is 7.30. The van der Waals surface area contributed by atoms with Crippen molar-refractivity contribution in [3.8, 4) is 0 Å². The van der Waals surface area contributed by atoms with Crippen LogP contribution in [-0.2, 0) is 14.3 Å². The van der Waals surface area contributed by atoms with E-state index in [1.165, 1.54) is 13.2 Å². The fourth-order valence-electron chi connectivity index (χ4n) is 1.17. The van der Waals surface area contributed by atoms with Crippen molar-refractivity contribution >= 4 is 11.6 Å². The Balaban J connectivity index is 3.17. The summed E-state index contributed by atoms with van der Waals surface area (Å²) in [7, 11) is 1.39. The maximum absolute atomic E-state index is 11.3. The van der Waals surface area contributed by atoms with E-state index in [4.69, 9.17) is 4.74 Å². The van der Waals surface area contributed by atoms with E-state index in [2.05, 4.69) is 0 Å². The van der Waals surface area contributed by atoms with Gasteiger partial charge in [0.05, 0.1) is 7.11 Å². The Hall–Kier alpha value is -1.38. The molecule has 0 aromatic rings. The number of carbonyl (C=O) groups excluding carboxylic acids is 2. The average molecular weight is 166 g/mol. The Kier molecular flexibility index (Phi) is 2.13. The smallest absolute Gasteiger partial charge is 0.221 e. The van der Waals surface area contributed by atoms with Crippen LogP contribution in [0.3, 0.4) is 0 Å². The Morgan fingerprint density at radius 3 is 2.33 bits per heavy atom. The molecular formula is C9H10O3. The quantitative estimate of drug-likeness (QED) is 0.546. The SMILES string of the molecule is COC1=C(C)C(=O)C(C)=CC1=O. The molecule has 0 amide bonds. The Labute approximate surface area is 70.7 Å². The lowest BCUT2D eigenvalue weighted by Crippen LogP contribution is -2.17. The molecule has 1 aliphatic rings. The molecule has 0 fully saturated rings. The van der Waals surface area contributed by atoms with Crippen molar-refractivity contribution in [1.82, 2.24) is 0 Å². The average Bonchev–Trinajstić information content (AvgIpc) is 2.01. The molecule has 0 saturated heterocycles. The molecule has 0 unspecified atom stereocenters. The highest BCUT2D eigenvalue weighted by Crippen LogP contribution is 2.18. The van der Waals surface area contributed by atoms with E-state index in [0.29, 0.717) is 11.1 Å². The summed E-state index contributed by atoms with van der Waals surface area (Å²) in [5.41, 5.74) is 0.862. The van der Waals surface area contributed by atoms with Crippen LogP contribution in [0.2, 0.25) is 0 Å². The van der Waals surface area contributed by atoms with Gasteiger partial charge in [0.25, 0.3) is 0 Å². The number of carbonyl (C=O) groups is 2. The number of allylic oxidation sites excluding steroid dienone is 3. The van der Waals surface area contributed by atoms with Gasteiger partial charge in [0, 0.05) is 11.1 Å².